The summed E-state index contributed by atoms with van der Waals surface area (Å²) in [5.41, 5.74) is 5.86. The molecule has 0 saturated heterocycles. The average Bonchev–Trinajstić information content (AvgIpc) is 2.64. The number of hydrogen-bond donors (Lipinski definition) is 1. The van der Waals surface area contributed by atoms with Crippen molar-refractivity contribution in [1.82, 2.24) is 0 Å². The van der Waals surface area contributed by atoms with E-state index >= 15 is 0 Å². The van der Waals surface area contributed by atoms with Gasteiger partial charge >= 0.3 is 0 Å². The molecule has 0 aromatic rings. The van der Waals surface area contributed by atoms with Crippen molar-refractivity contribution in [2.24, 2.45) is 5.73 Å². The van der Waals surface area contributed by atoms with Crippen LogP contribution in [-0.2, 0) is 0 Å². The predicted molar refractivity (Wildman–Crippen MR) is 62.2 cm³/mol. The molecule has 1 fully saturated rings. The molecule has 2 heteroatoms. The molecule has 78 valence electrons. The molecule has 1 saturated carbocycles. The second kappa shape index (κ2) is 6.72. The smallest absolute Gasteiger partial charge is 0.00470 e. The molecular weight excluding hydrogens is 178 g/mol. The van der Waals surface area contributed by atoms with Crippen LogP contribution in [0.25, 0.3) is 0 Å². The van der Waals surface area contributed by atoms with Crippen LogP contribution in [0, 0.1) is 0 Å². The molecule has 0 aromatic heterocycles. The van der Waals surface area contributed by atoms with Gasteiger partial charge in [0.2, 0.25) is 0 Å². The first-order valence-electron chi connectivity index (χ1n) is 5.70. The van der Waals surface area contributed by atoms with E-state index < -0.39 is 0 Å². The van der Waals surface area contributed by atoms with Crippen LogP contribution in [0.4, 0.5) is 0 Å². The number of thioether (sulfide) groups is 1. The van der Waals surface area contributed by atoms with Crippen molar-refractivity contribution >= 4 is 11.8 Å². The molecule has 0 spiro atoms. The Morgan fingerprint density at radius 2 is 2.08 bits per heavy atom. The van der Waals surface area contributed by atoms with Crippen LogP contribution < -0.4 is 5.73 Å². The summed E-state index contributed by atoms with van der Waals surface area (Å²) >= 11 is 2.18. The molecule has 2 N–H and O–H groups in total. The lowest BCUT2D eigenvalue weighted by molar-refractivity contribution is 0.589. The standard InChI is InChI=1S/C11H23NS/c1-2-10(12)6-5-9-13-11-7-3-4-8-11/h10-11H,2-9,12H2,1H3. The molecule has 1 unspecified atom stereocenters. The molecular formula is C11H23NS. The summed E-state index contributed by atoms with van der Waals surface area (Å²) in [5.74, 6) is 1.33. The maximum Gasteiger partial charge on any atom is 0.00470 e. The Bertz CT molecular complexity index is 121. The van der Waals surface area contributed by atoms with Crippen LogP contribution in [0.3, 0.4) is 0 Å². The molecule has 1 atom stereocenters. The fourth-order valence-electron chi connectivity index (χ4n) is 1.85. The molecule has 0 heterocycles. The lowest BCUT2D eigenvalue weighted by atomic mass is 10.1. The summed E-state index contributed by atoms with van der Waals surface area (Å²) in [6, 6.07) is 0.448. The Morgan fingerprint density at radius 3 is 2.69 bits per heavy atom. The summed E-state index contributed by atoms with van der Waals surface area (Å²) in [5, 5.41) is 0.984. The van der Waals surface area contributed by atoms with Crippen LogP contribution >= 0.6 is 11.8 Å². The molecule has 0 amide bonds. The van der Waals surface area contributed by atoms with E-state index in [0.29, 0.717) is 6.04 Å². The number of hydrogen-bond acceptors (Lipinski definition) is 2. The van der Waals surface area contributed by atoms with E-state index in [-0.39, 0.29) is 0 Å². The summed E-state index contributed by atoms with van der Waals surface area (Å²) in [6.45, 7) is 2.18. The van der Waals surface area contributed by atoms with Crippen molar-refractivity contribution < 1.29 is 0 Å². The first-order chi connectivity index (χ1) is 6.33. The van der Waals surface area contributed by atoms with Gasteiger partial charge < -0.3 is 5.73 Å². The number of rotatable bonds is 6. The Hall–Kier alpha value is 0.310. The Kier molecular flexibility index (Phi) is 5.88. The zero-order valence-electron chi connectivity index (χ0n) is 8.80. The van der Waals surface area contributed by atoms with Gasteiger partial charge in [-0.2, -0.15) is 11.8 Å². The zero-order valence-corrected chi connectivity index (χ0v) is 9.61. The minimum absolute atomic E-state index is 0.448. The van der Waals surface area contributed by atoms with E-state index in [4.69, 9.17) is 5.73 Å². The van der Waals surface area contributed by atoms with Crippen molar-refractivity contribution in [3.05, 3.63) is 0 Å². The first-order valence-corrected chi connectivity index (χ1v) is 6.75. The zero-order chi connectivity index (χ0) is 9.52. The topological polar surface area (TPSA) is 26.0 Å². The maximum absolute atomic E-state index is 5.86. The third kappa shape index (κ3) is 4.92. The highest BCUT2D eigenvalue weighted by molar-refractivity contribution is 7.99. The van der Waals surface area contributed by atoms with Crippen LogP contribution in [0.2, 0.25) is 0 Å². The van der Waals surface area contributed by atoms with Crippen LogP contribution in [0.1, 0.15) is 51.9 Å². The monoisotopic (exact) mass is 201 g/mol. The molecule has 1 nitrogen and oxygen atoms in total. The Labute approximate surface area is 86.8 Å². The third-order valence-electron chi connectivity index (χ3n) is 2.90. The normalized spacial score (nSPS) is 20.8. The molecule has 0 aliphatic heterocycles. The van der Waals surface area contributed by atoms with Crippen molar-refractivity contribution in [3.63, 3.8) is 0 Å². The van der Waals surface area contributed by atoms with E-state index in [1.165, 1.54) is 44.3 Å². The Morgan fingerprint density at radius 1 is 1.38 bits per heavy atom. The molecule has 1 aliphatic carbocycles. The molecule has 0 aromatic carbocycles. The highest BCUT2D eigenvalue weighted by Crippen LogP contribution is 2.29. The largest absolute Gasteiger partial charge is 0.328 e. The van der Waals surface area contributed by atoms with E-state index in [9.17, 15) is 0 Å². The van der Waals surface area contributed by atoms with Gasteiger partial charge in [-0.3, -0.25) is 0 Å². The van der Waals surface area contributed by atoms with Gasteiger partial charge in [0.05, 0.1) is 0 Å². The summed E-state index contributed by atoms with van der Waals surface area (Å²) in [6.07, 6.45) is 9.52. The van der Waals surface area contributed by atoms with Crippen molar-refractivity contribution in [2.75, 3.05) is 5.75 Å². The second-order valence-corrected chi connectivity index (χ2v) is 5.50. The van der Waals surface area contributed by atoms with Gasteiger partial charge in [-0.05, 0) is 37.9 Å². The minimum Gasteiger partial charge on any atom is -0.328 e. The fraction of sp³-hybridized carbons (Fsp3) is 1.00. The van der Waals surface area contributed by atoms with Crippen molar-refractivity contribution in [1.29, 1.82) is 0 Å². The van der Waals surface area contributed by atoms with Gasteiger partial charge in [0, 0.05) is 11.3 Å². The van der Waals surface area contributed by atoms with Crippen molar-refractivity contribution in [2.45, 2.75) is 63.2 Å². The SMILES string of the molecule is CCC(N)CCCSC1CCCC1. The molecule has 1 rings (SSSR count). The van der Waals surface area contributed by atoms with E-state index in [0.717, 1.165) is 11.7 Å². The van der Waals surface area contributed by atoms with Gasteiger partial charge in [-0.25, -0.2) is 0 Å². The molecule has 13 heavy (non-hydrogen) atoms. The van der Waals surface area contributed by atoms with Crippen molar-refractivity contribution in [3.8, 4) is 0 Å². The minimum atomic E-state index is 0.448. The maximum atomic E-state index is 5.86. The van der Waals surface area contributed by atoms with Gasteiger partial charge in [0.25, 0.3) is 0 Å². The summed E-state index contributed by atoms with van der Waals surface area (Å²) in [4.78, 5) is 0. The van der Waals surface area contributed by atoms with Gasteiger partial charge in [0.15, 0.2) is 0 Å². The highest BCUT2D eigenvalue weighted by Gasteiger charge is 2.14. The quantitative estimate of drug-likeness (QED) is 0.668. The van der Waals surface area contributed by atoms with E-state index in [2.05, 4.69) is 18.7 Å². The second-order valence-electron chi connectivity index (χ2n) is 4.09. The Balaban J connectivity index is 1.88. The van der Waals surface area contributed by atoms with Gasteiger partial charge in [-0.15, -0.1) is 0 Å². The van der Waals surface area contributed by atoms with E-state index in [1.807, 2.05) is 0 Å². The molecule has 0 bridgehead atoms. The average molecular weight is 201 g/mol. The van der Waals surface area contributed by atoms with E-state index in [1.54, 1.807) is 0 Å². The lowest BCUT2D eigenvalue weighted by Gasteiger charge is -2.10. The number of nitrogens with two attached hydrogens (primary N) is 1. The molecule has 1 aliphatic rings. The lowest BCUT2D eigenvalue weighted by Crippen LogP contribution is -2.18. The fourth-order valence-corrected chi connectivity index (χ4v) is 3.19. The highest BCUT2D eigenvalue weighted by atomic mass is 32.2. The first kappa shape index (κ1) is 11.4. The van der Waals surface area contributed by atoms with Crippen LogP contribution in [0.5, 0.6) is 0 Å². The summed E-state index contributed by atoms with van der Waals surface area (Å²) < 4.78 is 0. The predicted octanol–water partition coefficient (Wildman–Crippen LogP) is 3.18. The van der Waals surface area contributed by atoms with Gasteiger partial charge in [0.1, 0.15) is 0 Å². The molecule has 0 radical (unpaired) electrons. The summed E-state index contributed by atoms with van der Waals surface area (Å²) in [7, 11) is 0. The van der Waals surface area contributed by atoms with Gasteiger partial charge in [-0.1, -0.05) is 19.8 Å². The third-order valence-corrected chi connectivity index (χ3v) is 4.37. The van der Waals surface area contributed by atoms with Crippen LogP contribution in [0.15, 0.2) is 0 Å². The van der Waals surface area contributed by atoms with Crippen LogP contribution in [-0.4, -0.2) is 17.0 Å².